The van der Waals surface area contributed by atoms with Crippen LogP contribution in [0.4, 0.5) is 5.69 Å². The maximum atomic E-state index is 12.4. The van der Waals surface area contributed by atoms with Crippen LogP contribution in [0.5, 0.6) is 0 Å². The number of hydrazine groups is 1. The summed E-state index contributed by atoms with van der Waals surface area (Å²) in [7, 11) is 2.03. The molecule has 1 N–H and O–H groups in total. The van der Waals surface area contributed by atoms with E-state index in [2.05, 4.69) is 58.3 Å². The molecule has 3 aromatic rings. The molecule has 4 rings (SSSR count). The van der Waals surface area contributed by atoms with E-state index in [0.717, 1.165) is 28.2 Å². The lowest BCUT2D eigenvalue weighted by atomic mass is 10.0. The highest BCUT2D eigenvalue weighted by atomic mass is 16.1. The third-order valence-corrected chi connectivity index (χ3v) is 5.05. The molecule has 1 aliphatic rings. The Morgan fingerprint density at radius 2 is 1.45 bits per heavy atom. The van der Waals surface area contributed by atoms with Gasteiger partial charge in [0.2, 0.25) is 5.91 Å². The van der Waals surface area contributed by atoms with E-state index >= 15 is 0 Å². The lowest BCUT2D eigenvalue weighted by molar-refractivity contribution is -0.115. The van der Waals surface area contributed by atoms with Gasteiger partial charge in [0.15, 0.2) is 0 Å². The van der Waals surface area contributed by atoms with Crippen molar-refractivity contribution in [3.63, 3.8) is 0 Å². The van der Waals surface area contributed by atoms with Gasteiger partial charge in [-0.2, -0.15) is 0 Å². The number of rotatable bonds is 5. The van der Waals surface area contributed by atoms with Crippen molar-refractivity contribution >= 4 is 17.3 Å². The van der Waals surface area contributed by atoms with Gasteiger partial charge in [-0.25, -0.2) is 0 Å². The monoisotopic (exact) mass is 381 g/mol. The largest absolute Gasteiger partial charge is 0.322 e. The fraction of sp³-hybridized carbons (Fsp3) is 0.0800. The predicted molar refractivity (Wildman–Crippen MR) is 118 cm³/mol. The fourth-order valence-electron chi connectivity index (χ4n) is 3.80. The van der Waals surface area contributed by atoms with Crippen LogP contribution in [0.25, 0.3) is 5.70 Å². The Kier molecular flexibility index (Phi) is 5.16. The molecule has 0 fully saturated rings. The molecular formula is C25H23N3O. The first-order chi connectivity index (χ1) is 14.2. The second kappa shape index (κ2) is 8.07. The van der Waals surface area contributed by atoms with Crippen LogP contribution in [0.15, 0.2) is 109 Å². The summed E-state index contributed by atoms with van der Waals surface area (Å²) in [5, 5.41) is 7.41. The second-order valence-electron chi connectivity index (χ2n) is 6.84. The van der Waals surface area contributed by atoms with Gasteiger partial charge in [-0.15, -0.1) is 0 Å². The van der Waals surface area contributed by atoms with Crippen LogP contribution < -0.4 is 10.3 Å². The highest BCUT2D eigenvalue weighted by molar-refractivity contribution is 5.91. The maximum Gasteiger partial charge on any atom is 0.247 e. The van der Waals surface area contributed by atoms with Crippen molar-refractivity contribution in [1.29, 1.82) is 0 Å². The Morgan fingerprint density at radius 3 is 2.03 bits per heavy atom. The lowest BCUT2D eigenvalue weighted by Crippen LogP contribution is -2.37. The molecule has 29 heavy (non-hydrogen) atoms. The Labute approximate surface area is 171 Å². The van der Waals surface area contributed by atoms with E-state index in [0.29, 0.717) is 0 Å². The zero-order valence-electron chi connectivity index (χ0n) is 16.3. The number of carbonyl (C=O) groups excluding carboxylic acids is 1. The van der Waals surface area contributed by atoms with E-state index in [1.807, 2.05) is 61.6 Å². The molecule has 4 nitrogen and oxygen atoms in total. The van der Waals surface area contributed by atoms with Gasteiger partial charge in [-0.3, -0.25) is 14.8 Å². The number of anilines is 1. The molecule has 1 unspecified atom stereocenters. The van der Waals surface area contributed by atoms with Crippen LogP contribution in [0.1, 0.15) is 17.2 Å². The first kappa shape index (κ1) is 18.6. The second-order valence-corrected chi connectivity index (χ2v) is 6.84. The zero-order chi connectivity index (χ0) is 20.2. The first-order valence-electron chi connectivity index (χ1n) is 9.56. The molecule has 0 bridgehead atoms. The van der Waals surface area contributed by atoms with Crippen molar-refractivity contribution in [2.24, 2.45) is 0 Å². The topological polar surface area (TPSA) is 35.6 Å². The van der Waals surface area contributed by atoms with E-state index in [-0.39, 0.29) is 11.9 Å². The van der Waals surface area contributed by atoms with Gasteiger partial charge >= 0.3 is 0 Å². The first-order valence-corrected chi connectivity index (χ1v) is 9.56. The molecular weight excluding hydrogens is 358 g/mol. The predicted octanol–water partition coefficient (Wildman–Crippen LogP) is 4.77. The molecule has 0 aliphatic carbocycles. The average Bonchev–Trinajstić information content (AvgIpc) is 3.07. The van der Waals surface area contributed by atoms with Crippen molar-refractivity contribution in [1.82, 2.24) is 10.3 Å². The number of hydrogen-bond donors (Lipinski definition) is 1. The minimum atomic E-state index is -0.224. The summed E-state index contributed by atoms with van der Waals surface area (Å²) in [4.78, 5) is 12.4. The minimum absolute atomic E-state index is 0.178. The molecule has 0 saturated heterocycles. The zero-order valence-corrected chi connectivity index (χ0v) is 16.3. The molecule has 1 atom stereocenters. The standard InChI is InChI=1S/C25H23N3O/c1-3-22(29)26-23-24(19-13-7-4-8-14-19)27(2)28(21-17-11-6-12-18-21)25(23)20-15-9-5-10-16-20/h3-18,25H,1H2,2H3,(H,26,29). The third kappa shape index (κ3) is 3.52. The molecule has 1 amide bonds. The average molecular weight is 381 g/mol. The number of amides is 1. The number of carbonyl (C=O) groups is 1. The summed E-state index contributed by atoms with van der Waals surface area (Å²) in [6.45, 7) is 3.63. The highest BCUT2D eigenvalue weighted by Gasteiger charge is 2.39. The van der Waals surface area contributed by atoms with Gasteiger partial charge in [0.05, 0.1) is 17.1 Å². The fourth-order valence-corrected chi connectivity index (χ4v) is 3.80. The van der Waals surface area contributed by atoms with Gasteiger partial charge in [0, 0.05) is 12.6 Å². The molecule has 144 valence electrons. The quantitative estimate of drug-likeness (QED) is 0.647. The van der Waals surface area contributed by atoms with E-state index in [9.17, 15) is 4.79 Å². The SMILES string of the molecule is C=CC(=O)NC1=C(c2ccccc2)N(C)N(c2ccccc2)C1c1ccccc1. The van der Waals surface area contributed by atoms with Crippen LogP contribution in [0.2, 0.25) is 0 Å². The van der Waals surface area contributed by atoms with Gasteiger partial charge in [-0.1, -0.05) is 85.4 Å². The number of para-hydroxylation sites is 1. The van der Waals surface area contributed by atoms with Gasteiger partial charge in [0.25, 0.3) is 0 Å². The normalized spacial score (nSPS) is 16.1. The van der Waals surface area contributed by atoms with Crippen LogP contribution in [-0.4, -0.2) is 18.0 Å². The Balaban J connectivity index is 1.94. The molecule has 0 aromatic heterocycles. The lowest BCUT2D eigenvalue weighted by Gasteiger charge is -2.35. The van der Waals surface area contributed by atoms with Crippen LogP contribution in [0, 0.1) is 0 Å². The number of nitrogens with one attached hydrogen (secondary N) is 1. The minimum Gasteiger partial charge on any atom is -0.322 e. The third-order valence-electron chi connectivity index (χ3n) is 5.05. The van der Waals surface area contributed by atoms with Crippen LogP contribution in [0.3, 0.4) is 0 Å². The molecule has 0 radical (unpaired) electrons. The van der Waals surface area contributed by atoms with Crippen molar-refractivity contribution < 1.29 is 4.79 Å². The van der Waals surface area contributed by atoms with Crippen molar-refractivity contribution in [2.45, 2.75) is 6.04 Å². The summed E-state index contributed by atoms with van der Waals surface area (Å²) < 4.78 is 0. The molecule has 1 aliphatic heterocycles. The van der Waals surface area contributed by atoms with E-state index in [1.54, 1.807) is 0 Å². The van der Waals surface area contributed by atoms with E-state index in [4.69, 9.17) is 0 Å². The molecule has 4 heteroatoms. The summed E-state index contributed by atoms with van der Waals surface area (Å²) >= 11 is 0. The van der Waals surface area contributed by atoms with Crippen molar-refractivity contribution in [3.8, 4) is 0 Å². The maximum absolute atomic E-state index is 12.4. The van der Waals surface area contributed by atoms with Gasteiger partial charge in [-0.05, 0) is 23.8 Å². The summed E-state index contributed by atoms with van der Waals surface area (Å²) in [6.07, 6.45) is 1.31. The van der Waals surface area contributed by atoms with Crippen LogP contribution >= 0.6 is 0 Å². The van der Waals surface area contributed by atoms with Gasteiger partial charge in [0.1, 0.15) is 6.04 Å². The van der Waals surface area contributed by atoms with Gasteiger partial charge < -0.3 is 5.32 Å². The van der Waals surface area contributed by atoms with Crippen molar-refractivity contribution in [2.75, 3.05) is 12.1 Å². The molecule has 0 spiro atoms. The van der Waals surface area contributed by atoms with E-state index in [1.165, 1.54) is 6.08 Å². The molecule has 3 aromatic carbocycles. The molecule has 1 heterocycles. The smallest absolute Gasteiger partial charge is 0.247 e. The summed E-state index contributed by atoms with van der Waals surface area (Å²) in [5.74, 6) is -0.224. The Bertz CT molecular complexity index is 1030. The number of hydrogen-bond acceptors (Lipinski definition) is 3. The number of benzene rings is 3. The van der Waals surface area contributed by atoms with Crippen LogP contribution in [-0.2, 0) is 4.79 Å². The summed E-state index contributed by atoms with van der Waals surface area (Å²) in [5.41, 5.74) is 4.96. The van der Waals surface area contributed by atoms with Crippen molar-refractivity contribution in [3.05, 3.63) is 120 Å². The Hall–Kier alpha value is -3.79. The highest BCUT2D eigenvalue weighted by Crippen LogP contribution is 2.44. The van der Waals surface area contributed by atoms with E-state index < -0.39 is 0 Å². The number of nitrogens with zero attached hydrogens (tertiary/aromatic N) is 2. The Morgan fingerprint density at radius 1 is 0.897 bits per heavy atom. The molecule has 0 saturated carbocycles. The summed E-state index contributed by atoms with van der Waals surface area (Å²) in [6, 6.07) is 30.3.